The molecule has 0 aliphatic rings. The Hall–Kier alpha value is -4.08. The number of hydrogen-bond acceptors (Lipinski definition) is 9. The van der Waals surface area contributed by atoms with Gasteiger partial charge in [0, 0.05) is 38.2 Å². The topological polar surface area (TPSA) is 142 Å². The van der Waals surface area contributed by atoms with Gasteiger partial charge in [-0.15, -0.1) is 0 Å². The van der Waals surface area contributed by atoms with Gasteiger partial charge in [0.2, 0.25) is 16.0 Å². The lowest BCUT2D eigenvalue weighted by atomic mass is 10.2. The molecular formula is C20H20F4N8O3S. The molecule has 3 N–H and O–H groups in total. The SMILES string of the molecule is CNC(=O)c1ccc(Nc2ncc(C(F)(F)F)c(NCc3nccnc3N(C)S(C)(=O)=O)n2)c(F)c1. The molecule has 0 bridgehead atoms. The van der Waals surface area contributed by atoms with E-state index in [2.05, 4.69) is 35.9 Å². The third-order valence-corrected chi connectivity index (χ3v) is 5.94. The third-order valence-electron chi connectivity index (χ3n) is 4.77. The van der Waals surface area contributed by atoms with Crippen molar-refractivity contribution in [2.45, 2.75) is 12.7 Å². The van der Waals surface area contributed by atoms with Gasteiger partial charge in [0.05, 0.1) is 18.5 Å². The van der Waals surface area contributed by atoms with Gasteiger partial charge in [-0.1, -0.05) is 0 Å². The van der Waals surface area contributed by atoms with Gasteiger partial charge in [-0.2, -0.15) is 18.2 Å². The van der Waals surface area contributed by atoms with Gasteiger partial charge in [-0.25, -0.2) is 22.8 Å². The highest BCUT2D eigenvalue weighted by molar-refractivity contribution is 7.92. The van der Waals surface area contributed by atoms with Crippen molar-refractivity contribution in [2.75, 3.05) is 35.3 Å². The first-order valence-corrected chi connectivity index (χ1v) is 11.9. The van der Waals surface area contributed by atoms with Crippen LogP contribution in [0.15, 0.2) is 36.8 Å². The molecule has 0 saturated carbocycles. The predicted molar refractivity (Wildman–Crippen MR) is 123 cm³/mol. The van der Waals surface area contributed by atoms with Crippen molar-refractivity contribution in [3.8, 4) is 0 Å². The summed E-state index contributed by atoms with van der Waals surface area (Å²) in [6.07, 6.45) is -0.911. The zero-order valence-electron chi connectivity index (χ0n) is 19.1. The molecule has 0 saturated heterocycles. The van der Waals surface area contributed by atoms with E-state index in [4.69, 9.17) is 0 Å². The molecule has 2 aromatic heterocycles. The van der Waals surface area contributed by atoms with Crippen LogP contribution in [0.25, 0.3) is 0 Å². The minimum absolute atomic E-state index is 0.0301. The first-order valence-electron chi connectivity index (χ1n) is 10.0. The molecule has 0 fully saturated rings. The van der Waals surface area contributed by atoms with Gasteiger partial charge >= 0.3 is 6.18 Å². The van der Waals surface area contributed by atoms with Crippen molar-refractivity contribution >= 4 is 39.2 Å². The Bertz CT molecular complexity index is 1390. The molecule has 0 aliphatic heterocycles. The molecule has 0 radical (unpaired) electrons. The summed E-state index contributed by atoms with van der Waals surface area (Å²) in [5.74, 6) is -2.51. The lowest BCUT2D eigenvalue weighted by molar-refractivity contribution is -0.137. The number of rotatable bonds is 8. The Morgan fingerprint density at radius 3 is 2.44 bits per heavy atom. The number of benzene rings is 1. The van der Waals surface area contributed by atoms with Crippen LogP contribution in [0, 0.1) is 5.82 Å². The molecule has 0 unspecified atom stereocenters. The molecule has 3 aromatic rings. The second-order valence-electron chi connectivity index (χ2n) is 7.26. The van der Waals surface area contributed by atoms with Gasteiger partial charge in [0.25, 0.3) is 5.91 Å². The fraction of sp³-hybridized carbons (Fsp3) is 0.250. The highest BCUT2D eigenvalue weighted by Gasteiger charge is 2.35. The van der Waals surface area contributed by atoms with Crippen LogP contribution in [0.3, 0.4) is 0 Å². The smallest absolute Gasteiger partial charge is 0.364 e. The van der Waals surface area contributed by atoms with Crippen molar-refractivity contribution in [1.29, 1.82) is 0 Å². The molecule has 2 heterocycles. The molecule has 0 spiro atoms. The van der Waals surface area contributed by atoms with E-state index in [1.54, 1.807) is 0 Å². The Kier molecular flexibility index (Phi) is 7.57. The lowest BCUT2D eigenvalue weighted by Crippen LogP contribution is -2.27. The Morgan fingerprint density at radius 1 is 1.14 bits per heavy atom. The number of aromatic nitrogens is 4. The summed E-state index contributed by atoms with van der Waals surface area (Å²) in [5.41, 5.74) is -1.33. The minimum Gasteiger partial charge on any atom is -0.364 e. The maximum Gasteiger partial charge on any atom is 0.421 e. The van der Waals surface area contributed by atoms with E-state index in [9.17, 15) is 30.8 Å². The lowest BCUT2D eigenvalue weighted by Gasteiger charge is -2.19. The number of alkyl halides is 3. The predicted octanol–water partition coefficient (Wildman–Crippen LogP) is 2.54. The number of nitrogens with one attached hydrogen (secondary N) is 3. The van der Waals surface area contributed by atoms with E-state index in [-0.39, 0.29) is 35.3 Å². The average Bonchev–Trinajstić information content (AvgIpc) is 2.82. The number of carbonyl (C=O) groups is 1. The fourth-order valence-corrected chi connectivity index (χ4v) is 3.35. The molecule has 3 rings (SSSR count). The molecule has 1 amide bonds. The summed E-state index contributed by atoms with van der Waals surface area (Å²) >= 11 is 0. The van der Waals surface area contributed by atoms with E-state index in [0.717, 1.165) is 16.6 Å². The largest absolute Gasteiger partial charge is 0.421 e. The number of amides is 1. The maximum atomic E-state index is 14.4. The quantitative estimate of drug-likeness (QED) is 0.376. The van der Waals surface area contributed by atoms with E-state index in [1.165, 1.54) is 38.6 Å². The van der Waals surface area contributed by atoms with Gasteiger partial charge in [0.1, 0.15) is 22.9 Å². The molecule has 192 valence electrons. The summed E-state index contributed by atoms with van der Waals surface area (Å²) in [6, 6.07) is 3.46. The summed E-state index contributed by atoms with van der Waals surface area (Å²) in [5, 5.41) is 7.29. The summed E-state index contributed by atoms with van der Waals surface area (Å²) in [6.45, 7) is -0.377. The average molecular weight is 528 g/mol. The standard InChI is InChI=1S/C20H20F4N8O3S/c1-25-18(33)11-4-5-14(13(21)8-11)30-19-29-9-12(20(22,23)24)16(31-19)28-10-15-17(27-7-6-26-15)32(2)36(3,34)35/h4-9H,10H2,1-3H3,(H,25,33)(H2,28,29,30,31). The fourth-order valence-electron chi connectivity index (χ4n) is 2.88. The van der Waals surface area contributed by atoms with Crippen molar-refractivity contribution in [3.05, 3.63) is 59.4 Å². The Balaban J connectivity index is 1.92. The third kappa shape index (κ3) is 6.12. The second-order valence-corrected chi connectivity index (χ2v) is 9.28. The maximum absolute atomic E-state index is 14.4. The number of hydrogen-bond donors (Lipinski definition) is 3. The van der Waals surface area contributed by atoms with E-state index in [1.807, 2.05) is 0 Å². The van der Waals surface area contributed by atoms with Gasteiger partial charge in [-0.05, 0) is 18.2 Å². The molecule has 36 heavy (non-hydrogen) atoms. The Morgan fingerprint density at radius 2 is 1.83 bits per heavy atom. The normalized spacial score (nSPS) is 11.6. The summed E-state index contributed by atoms with van der Waals surface area (Å²) in [4.78, 5) is 27.0. The van der Waals surface area contributed by atoms with Crippen molar-refractivity contribution < 1.29 is 30.8 Å². The van der Waals surface area contributed by atoms with Gasteiger partial charge in [0.15, 0.2) is 5.82 Å². The number of halogens is 4. The molecular weight excluding hydrogens is 508 g/mol. The number of anilines is 4. The van der Waals surface area contributed by atoms with Gasteiger partial charge in [-0.3, -0.25) is 14.1 Å². The molecule has 1 aromatic carbocycles. The first kappa shape index (κ1) is 26.5. The number of nitrogens with zero attached hydrogens (tertiary/aromatic N) is 5. The highest BCUT2D eigenvalue weighted by atomic mass is 32.2. The summed E-state index contributed by atoms with van der Waals surface area (Å²) < 4.78 is 79.7. The zero-order valence-corrected chi connectivity index (χ0v) is 19.9. The molecule has 0 atom stereocenters. The van der Waals surface area contributed by atoms with E-state index >= 15 is 0 Å². The Labute approximate surface area is 203 Å². The van der Waals surface area contributed by atoms with Crippen LogP contribution < -0.4 is 20.3 Å². The molecule has 11 nitrogen and oxygen atoms in total. The van der Waals surface area contributed by atoms with Crippen molar-refractivity contribution in [3.63, 3.8) is 0 Å². The van der Waals surface area contributed by atoms with Crippen LogP contribution in [0.1, 0.15) is 21.6 Å². The van der Waals surface area contributed by atoms with Crippen molar-refractivity contribution in [1.82, 2.24) is 25.3 Å². The first-order chi connectivity index (χ1) is 16.8. The molecule has 0 aliphatic carbocycles. The second kappa shape index (κ2) is 10.3. The van der Waals surface area contributed by atoms with Crippen LogP contribution in [0.2, 0.25) is 0 Å². The van der Waals surface area contributed by atoms with Crippen molar-refractivity contribution in [2.24, 2.45) is 0 Å². The summed E-state index contributed by atoms with van der Waals surface area (Å²) in [7, 11) is -1.12. The number of sulfonamides is 1. The minimum atomic E-state index is -4.84. The van der Waals surface area contributed by atoms with Crippen LogP contribution in [-0.4, -0.2) is 54.6 Å². The molecule has 16 heteroatoms. The van der Waals surface area contributed by atoms with Crippen LogP contribution in [0.5, 0.6) is 0 Å². The zero-order chi connectivity index (χ0) is 26.7. The van der Waals surface area contributed by atoms with Crippen LogP contribution >= 0.6 is 0 Å². The monoisotopic (exact) mass is 528 g/mol. The van der Waals surface area contributed by atoms with E-state index < -0.39 is 39.3 Å². The van der Waals surface area contributed by atoms with Crippen LogP contribution in [0.4, 0.5) is 40.8 Å². The highest BCUT2D eigenvalue weighted by Crippen LogP contribution is 2.34. The van der Waals surface area contributed by atoms with Crippen LogP contribution in [-0.2, 0) is 22.7 Å². The number of carbonyl (C=O) groups excluding carboxylic acids is 1. The van der Waals surface area contributed by atoms with E-state index in [0.29, 0.717) is 6.20 Å². The van der Waals surface area contributed by atoms with Gasteiger partial charge < -0.3 is 16.0 Å².